The molecule has 0 rings (SSSR count). The fraction of sp³-hybridized carbons (Fsp3) is 0.769. The zero-order chi connectivity index (χ0) is 15.3. The quantitative estimate of drug-likeness (QED) is 0.728. The lowest BCUT2D eigenvalue weighted by Gasteiger charge is -2.26. The molecule has 1 radical (unpaired) electrons. The third-order valence-corrected chi connectivity index (χ3v) is 1.65. The van der Waals surface area contributed by atoms with Crippen LogP contribution >= 0.6 is 0 Å². The van der Waals surface area contributed by atoms with Crippen molar-refractivity contribution in [2.45, 2.75) is 52.7 Å². The van der Waals surface area contributed by atoms with Gasteiger partial charge in [0, 0.05) is 0 Å². The third kappa shape index (κ3) is 9.04. The fourth-order valence-electron chi connectivity index (χ4n) is 1.12. The molecule has 0 saturated carbocycles. The summed E-state index contributed by atoms with van der Waals surface area (Å²) in [6.07, 6.45) is 0.822. The van der Waals surface area contributed by atoms with E-state index in [1.807, 2.05) is 0 Å². The SMILES string of the molecule is CC(C)(C)OC(=O)CN(C[C]=O)C(=O)OC(C)(C)C. The minimum atomic E-state index is -0.748. The smallest absolute Gasteiger partial charge is 0.411 e. The first-order chi connectivity index (χ1) is 8.44. The summed E-state index contributed by atoms with van der Waals surface area (Å²) in [6, 6.07) is 0. The monoisotopic (exact) mass is 272 g/mol. The lowest BCUT2D eigenvalue weighted by Crippen LogP contribution is -2.42. The highest BCUT2D eigenvalue weighted by Gasteiger charge is 2.26. The van der Waals surface area contributed by atoms with Crippen LogP contribution in [0.15, 0.2) is 0 Å². The van der Waals surface area contributed by atoms with Crippen LogP contribution in [-0.4, -0.2) is 47.5 Å². The Bertz CT molecular complexity index is 338. The molecule has 0 N–H and O–H groups in total. The van der Waals surface area contributed by atoms with Crippen LogP contribution < -0.4 is 0 Å². The van der Waals surface area contributed by atoms with Crippen LogP contribution in [0.5, 0.6) is 0 Å². The predicted octanol–water partition coefficient (Wildman–Crippen LogP) is 1.67. The van der Waals surface area contributed by atoms with Crippen LogP contribution in [-0.2, 0) is 19.1 Å². The van der Waals surface area contributed by atoms with Gasteiger partial charge in [0.1, 0.15) is 17.7 Å². The molecule has 19 heavy (non-hydrogen) atoms. The summed E-state index contributed by atoms with van der Waals surface area (Å²) in [6.45, 7) is 9.55. The van der Waals surface area contributed by atoms with Gasteiger partial charge in [0.25, 0.3) is 0 Å². The maximum atomic E-state index is 11.8. The van der Waals surface area contributed by atoms with E-state index in [2.05, 4.69) is 0 Å². The number of nitrogens with zero attached hydrogens (tertiary/aromatic N) is 1. The molecular formula is C13H22NO5. The number of esters is 1. The molecule has 0 saturated heterocycles. The van der Waals surface area contributed by atoms with Crippen LogP contribution in [0.4, 0.5) is 4.79 Å². The first kappa shape index (κ1) is 17.4. The van der Waals surface area contributed by atoms with Gasteiger partial charge in [-0.15, -0.1) is 0 Å². The molecule has 0 atom stereocenters. The second-order valence-electron chi connectivity index (χ2n) is 6.07. The van der Waals surface area contributed by atoms with E-state index in [-0.39, 0.29) is 13.1 Å². The Balaban J connectivity index is 4.61. The first-order valence-corrected chi connectivity index (χ1v) is 5.99. The number of ether oxygens (including phenoxy) is 2. The summed E-state index contributed by atoms with van der Waals surface area (Å²) in [4.78, 5) is 34.8. The van der Waals surface area contributed by atoms with Crippen molar-refractivity contribution in [2.24, 2.45) is 0 Å². The van der Waals surface area contributed by atoms with Crippen molar-refractivity contribution < 1.29 is 23.9 Å². The van der Waals surface area contributed by atoms with Gasteiger partial charge in [0.15, 0.2) is 0 Å². The van der Waals surface area contributed by atoms with E-state index in [1.54, 1.807) is 47.8 Å². The second-order valence-corrected chi connectivity index (χ2v) is 6.07. The Labute approximate surface area is 114 Å². The van der Waals surface area contributed by atoms with Gasteiger partial charge in [-0.2, -0.15) is 0 Å². The Hall–Kier alpha value is -1.59. The van der Waals surface area contributed by atoms with Gasteiger partial charge in [0.2, 0.25) is 6.29 Å². The van der Waals surface area contributed by atoms with Crippen molar-refractivity contribution in [2.75, 3.05) is 13.1 Å². The van der Waals surface area contributed by atoms with Gasteiger partial charge in [-0.25, -0.2) is 4.79 Å². The summed E-state index contributed by atoms with van der Waals surface area (Å²) < 4.78 is 10.2. The zero-order valence-corrected chi connectivity index (χ0v) is 12.4. The standard InChI is InChI=1S/C13H22NO5/c1-12(2,3)18-10(16)9-14(7-8-15)11(17)19-13(4,5)6/h7,9H2,1-6H3. The Kier molecular flexibility index (Phi) is 5.99. The minimum absolute atomic E-state index is 0.339. The van der Waals surface area contributed by atoms with Crippen molar-refractivity contribution in [3.8, 4) is 0 Å². The molecule has 6 heteroatoms. The average Bonchev–Trinajstić information content (AvgIpc) is 2.10. The molecule has 109 valence electrons. The molecule has 0 heterocycles. The number of hydrogen-bond donors (Lipinski definition) is 0. The maximum Gasteiger partial charge on any atom is 0.411 e. The molecular weight excluding hydrogens is 250 g/mol. The molecule has 0 aromatic carbocycles. The number of carbonyl (C=O) groups excluding carboxylic acids is 3. The van der Waals surface area contributed by atoms with Crippen LogP contribution in [0.3, 0.4) is 0 Å². The number of amides is 1. The highest BCUT2D eigenvalue weighted by molar-refractivity contribution is 5.80. The molecule has 0 unspecified atom stereocenters. The van der Waals surface area contributed by atoms with Crippen molar-refractivity contribution in [1.29, 1.82) is 0 Å². The molecule has 1 amide bonds. The van der Waals surface area contributed by atoms with Gasteiger partial charge >= 0.3 is 12.1 Å². The molecule has 0 aliphatic rings. The number of carbonyl (C=O) groups is 2. The van der Waals surface area contributed by atoms with E-state index in [1.165, 1.54) is 0 Å². The van der Waals surface area contributed by atoms with Crippen LogP contribution in [0.25, 0.3) is 0 Å². The van der Waals surface area contributed by atoms with Gasteiger partial charge in [-0.05, 0) is 41.5 Å². The summed E-state index contributed by atoms with van der Waals surface area (Å²) >= 11 is 0. The maximum absolute atomic E-state index is 11.8. The third-order valence-electron chi connectivity index (χ3n) is 1.65. The van der Waals surface area contributed by atoms with Crippen molar-refractivity contribution in [3.05, 3.63) is 0 Å². The van der Waals surface area contributed by atoms with E-state index in [9.17, 15) is 14.4 Å². The van der Waals surface area contributed by atoms with Crippen molar-refractivity contribution in [1.82, 2.24) is 4.90 Å². The molecule has 0 aromatic rings. The molecule has 0 bridgehead atoms. The Morgan fingerprint density at radius 3 is 1.84 bits per heavy atom. The van der Waals surface area contributed by atoms with E-state index >= 15 is 0 Å². The molecule has 6 nitrogen and oxygen atoms in total. The normalized spacial score (nSPS) is 11.7. The lowest BCUT2D eigenvalue weighted by atomic mass is 10.2. The lowest BCUT2D eigenvalue weighted by molar-refractivity contribution is -0.155. The van der Waals surface area contributed by atoms with E-state index in [4.69, 9.17) is 9.47 Å². The van der Waals surface area contributed by atoms with Crippen LogP contribution in [0.2, 0.25) is 0 Å². The summed E-state index contributed by atoms with van der Waals surface area (Å²) in [5, 5.41) is 0. The number of hydrogen-bond acceptors (Lipinski definition) is 5. The molecule has 0 aliphatic carbocycles. The first-order valence-electron chi connectivity index (χ1n) is 5.99. The van der Waals surface area contributed by atoms with E-state index < -0.39 is 23.3 Å². The molecule has 0 fully saturated rings. The average molecular weight is 272 g/mol. The van der Waals surface area contributed by atoms with Crippen molar-refractivity contribution in [3.63, 3.8) is 0 Å². The minimum Gasteiger partial charge on any atom is -0.459 e. The van der Waals surface area contributed by atoms with Crippen molar-refractivity contribution >= 4 is 18.3 Å². The zero-order valence-electron chi connectivity index (χ0n) is 12.4. The topological polar surface area (TPSA) is 72.9 Å². The van der Waals surface area contributed by atoms with Gasteiger partial charge < -0.3 is 9.47 Å². The largest absolute Gasteiger partial charge is 0.459 e. The van der Waals surface area contributed by atoms with Crippen LogP contribution in [0, 0.1) is 0 Å². The highest BCUT2D eigenvalue weighted by atomic mass is 16.6. The Morgan fingerprint density at radius 2 is 1.47 bits per heavy atom. The summed E-state index contributed by atoms with van der Waals surface area (Å²) in [7, 11) is 0. The van der Waals surface area contributed by atoms with Gasteiger partial charge in [0.05, 0.1) is 6.54 Å². The number of rotatable bonds is 4. The van der Waals surface area contributed by atoms with Gasteiger partial charge in [-0.1, -0.05) is 0 Å². The van der Waals surface area contributed by atoms with E-state index in [0.29, 0.717) is 0 Å². The summed E-state index contributed by atoms with van der Waals surface area (Å²) in [5.74, 6) is -0.603. The summed E-state index contributed by atoms with van der Waals surface area (Å²) in [5.41, 5.74) is -1.35. The Morgan fingerprint density at radius 1 is 1.00 bits per heavy atom. The second kappa shape index (κ2) is 6.54. The highest BCUT2D eigenvalue weighted by Crippen LogP contribution is 2.11. The molecule has 0 aliphatic heterocycles. The van der Waals surface area contributed by atoms with E-state index in [0.717, 1.165) is 4.90 Å². The molecule has 0 spiro atoms. The van der Waals surface area contributed by atoms with Crippen LogP contribution in [0.1, 0.15) is 41.5 Å². The fourth-order valence-corrected chi connectivity index (χ4v) is 1.12. The predicted molar refractivity (Wildman–Crippen MR) is 69.3 cm³/mol. The molecule has 0 aromatic heterocycles. The van der Waals surface area contributed by atoms with Gasteiger partial charge in [-0.3, -0.25) is 14.5 Å².